The summed E-state index contributed by atoms with van der Waals surface area (Å²) in [6.45, 7) is 13.6. The van der Waals surface area contributed by atoms with E-state index in [0.717, 1.165) is 0 Å². The highest BCUT2D eigenvalue weighted by Gasteiger charge is 2.14. The molecular formula is C20H25IS. The maximum absolute atomic E-state index is 2.39. The molecule has 118 valence electrons. The molecule has 0 saturated carbocycles. The highest BCUT2D eigenvalue weighted by Crippen LogP contribution is 2.36. The average molecular weight is 424 g/mol. The Hall–Kier alpha value is -0.610. The van der Waals surface area contributed by atoms with Gasteiger partial charge < -0.3 is 0 Å². The minimum atomic E-state index is 0.563. The molecule has 2 rings (SSSR count). The molecule has 0 radical (unpaired) electrons. The largest absolute Gasteiger partial charge is 0.136 e. The van der Waals surface area contributed by atoms with Crippen molar-refractivity contribution in [1.29, 1.82) is 0 Å². The molecule has 0 spiro atoms. The van der Waals surface area contributed by atoms with Gasteiger partial charge in [0, 0.05) is 9.75 Å². The van der Waals surface area contributed by atoms with Crippen LogP contribution >= 0.6 is 33.9 Å². The van der Waals surface area contributed by atoms with Gasteiger partial charge in [0.25, 0.3) is 0 Å². The van der Waals surface area contributed by atoms with Crippen LogP contribution < -0.4 is 0 Å². The van der Waals surface area contributed by atoms with E-state index < -0.39 is 0 Å². The minimum Gasteiger partial charge on any atom is -0.136 e. The molecule has 1 aromatic heterocycles. The van der Waals surface area contributed by atoms with Gasteiger partial charge in [0.2, 0.25) is 0 Å². The third-order valence-corrected chi connectivity index (χ3v) is 5.38. The molecule has 0 aliphatic carbocycles. The summed E-state index contributed by atoms with van der Waals surface area (Å²) in [7, 11) is 0. The summed E-state index contributed by atoms with van der Waals surface area (Å²) < 4.78 is 1.32. The minimum absolute atomic E-state index is 0.563. The monoisotopic (exact) mass is 424 g/mol. The van der Waals surface area contributed by atoms with E-state index in [1.54, 1.807) is 0 Å². The summed E-state index contributed by atoms with van der Waals surface area (Å²) in [5.41, 5.74) is 5.80. The lowest BCUT2D eigenvalue weighted by Gasteiger charge is -2.18. The number of halogens is 1. The lowest BCUT2D eigenvalue weighted by atomic mass is 9.87. The van der Waals surface area contributed by atoms with Gasteiger partial charge in [-0.3, -0.25) is 0 Å². The Morgan fingerprint density at radius 3 is 2.05 bits per heavy atom. The summed E-state index contributed by atoms with van der Waals surface area (Å²) in [6, 6.07) is 9.27. The Morgan fingerprint density at radius 1 is 1.05 bits per heavy atom. The molecule has 0 N–H and O–H groups in total. The summed E-state index contributed by atoms with van der Waals surface area (Å²) in [5.74, 6) is 1.13. The van der Waals surface area contributed by atoms with E-state index in [-0.39, 0.29) is 0 Å². The molecule has 0 bridgehead atoms. The van der Waals surface area contributed by atoms with E-state index in [0.29, 0.717) is 11.8 Å². The molecular weight excluding hydrogens is 399 g/mol. The van der Waals surface area contributed by atoms with Crippen molar-refractivity contribution in [2.24, 2.45) is 0 Å². The van der Waals surface area contributed by atoms with E-state index in [9.17, 15) is 0 Å². The first kappa shape index (κ1) is 17.7. The molecule has 2 heteroatoms. The molecule has 0 fully saturated rings. The van der Waals surface area contributed by atoms with Crippen LogP contribution in [-0.4, -0.2) is 0 Å². The molecule has 0 aliphatic rings. The molecule has 0 atom stereocenters. The van der Waals surface area contributed by atoms with Crippen LogP contribution in [0.5, 0.6) is 0 Å². The maximum Gasteiger partial charge on any atom is 0.0349 e. The van der Waals surface area contributed by atoms with Crippen molar-refractivity contribution in [1.82, 2.24) is 0 Å². The fourth-order valence-electron chi connectivity index (χ4n) is 2.88. The molecule has 0 amide bonds. The Morgan fingerprint density at radius 2 is 1.59 bits per heavy atom. The molecule has 0 saturated heterocycles. The van der Waals surface area contributed by atoms with Crippen LogP contribution in [0.25, 0.3) is 16.5 Å². The van der Waals surface area contributed by atoms with Gasteiger partial charge in [-0.15, -0.1) is 11.3 Å². The van der Waals surface area contributed by atoms with Gasteiger partial charge in [0.15, 0.2) is 0 Å². The highest BCUT2D eigenvalue weighted by atomic mass is 127. The van der Waals surface area contributed by atoms with E-state index in [4.69, 9.17) is 0 Å². The van der Waals surface area contributed by atoms with Crippen molar-refractivity contribution < 1.29 is 0 Å². The first-order valence-corrected chi connectivity index (χ1v) is 9.77. The van der Waals surface area contributed by atoms with Gasteiger partial charge >= 0.3 is 0 Å². The lowest BCUT2D eigenvalue weighted by Crippen LogP contribution is -2.00. The molecule has 0 aliphatic heterocycles. The highest BCUT2D eigenvalue weighted by molar-refractivity contribution is 14.1. The number of thiophene rings is 1. The summed E-state index contributed by atoms with van der Waals surface area (Å²) in [6.07, 6.45) is 2.25. The van der Waals surface area contributed by atoms with Gasteiger partial charge in [-0.1, -0.05) is 27.7 Å². The molecule has 22 heavy (non-hydrogen) atoms. The predicted octanol–water partition coefficient (Wildman–Crippen LogP) is 7.77. The summed E-state index contributed by atoms with van der Waals surface area (Å²) >= 11 is 4.25. The van der Waals surface area contributed by atoms with Crippen LogP contribution in [0.3, 0.4) is 0 Å². The Kier molecular flexibility index (Phi) is 5.89. The van der Waals surface area contributed by atoms with Gasteiger partial charge in [0.05, 0.1) is 0 Å². The normalized spacial score (nSPS) is 12.5. The van der Waals surface area contributed by atoms with E-state index in [1.165, 1.54) is 35.6 Å². The first-order valence-electron chi connectivity index (χ1n) is 7.88. The van der Waals surface area contributed by atoms with Crippen LogP contribution in [-0.2, 0) is 0 Å². The van der Waals surface area contributed by atoms with Crippen molar-refractivity contribution >= 4 is 40.0 Å². The number of allylic oxidation sites excluding steroid dienone is 1. The summed E-state index contributed by atoms with van der Waals surface area (Å²) in [5, 5.41) is 0. The number of hydrogen-bond donors (Lipinski definition) is 0. The van der Waals surface area contributed by atoms with Crippen LogP contribution in [0.15, 0.2) is 27.8 Å². The van der Waals surface area contributed by atoms with Gasteiger partial charge in [-0.2, -0.15) is 0 Å². The Balaban J connectivity index is 2.55. The zero-order valence-corrected chi connectivity index (χ0v) is 17.3. The average Bonchev–Trinajstić information content (AvgIpc) is 2.85. The molecule has 0 unspecified atom stereocenters. The van der Waals surface area contributed by atoms with Crippen molar-refractivity contribution in [3.05, 3.63) is 49.4 Å². The van der Waals surface area contributed by atoms with Gasteiger partial charge in [0.1, 0.15) is 0 Å². The molecule has 1 heterocycles. The molecule has 2 aromatic rings. The Labute approximate surface area is 152 Å². The van der Waals surface area contributed by atoms with Crippen LogP contribution in [0.2, 0.25) is 0 Å². The van der Waals surface area contributed by atoms with E-state index in [2.05, 4.69) is 94.5 Å². The van der Waals surface area contributed by atoms with Crippen molar-refractivity contribution in [3.63, 3.8) is 0 Å². The fraction of sp³-hybridized carbons (Fsp3) is 0.400. The zero-order chi connectivity index (χ0) is 16.4. The van der Waals surface area contributed by atoms with Gasteiger partial charge in [-0.25, -0.2) is 0 Å². The number of hydrogen-bond acceptors (Lipinski definition) is 1. The van der Waals surface area contributed by atoms with Crippen LogP contribution in [0.4, 0.5) is 0 Å². The molecule has 1 aromatic carbocycles. The number of rotatable bonds is 4. The standard InChI is InChI=1S/C20H25IS/c1-12(2)18-10-16(11-19(13(3)4)15(18)6)20-8-7-17(22-20)9-14(5)21/h7-13H,1-6H3/b14-9+. The smallest absolute Gasteiger partial charge is 0.0349 e. The first-order chi connectivity index (χ1) is 10.3. The number of benzene rings is 1. The second-order valence-electron chi connectivity index (χ2n) is 6.52. The van der Waals surface area contributed by atoms with Crippen LogP contribution in [0.1, 0.15) is 68.0 Å². The van der Waals surface area contributed by atoms with Crippen molar-refractivity contribution in [2.45, 2.75) is 53.4 Å². The van der Waals surface area contributed by atoms with Gasteiger partial charge in [-0.05, 0) is 104 Å². The third-order valence-electron chi connectivity index (χ3n) is 3.98. The fourth-order valence-corrected chi connectivity index (χ4v) is 4.43. The quantitative estimate of drug-likeness (QED) is 0.440. The summed E-state index contributed by atoms with van der Waals surface area (Å²) in [4.78, 5) is 2.70. The van der Waals surface area contributed by atoms with Crippen LogP contribution in [0, 0.1) is 6.92 Å². The predicted molar refractivity (Wildman–Crippen MR) is 110 cm³/mol. The zero-order valence-electron chi connectivity index (χ0n) is 14.3. The molecule has 0 nitrogen and oxygen atoms in total. The lowest BCUT2D eigenvalue weighted by molar-refractivity contribution is 0.818. The van der Waals surface area contributed by atoms with E-state index in [1.807, 2.05) is 11.3 Å². The maximum atomic E-state index is 2.39. The second kappa shape index (κ2) is 7.31. The third kappa shape index (κ3) is 4.02. The van der Waals surface area contributed by atoms with Crippen molar-refractivity contribution in [3.8, 4) is 10.4 Å². The second-order valence-corrected chi connectivity index (χ2v) is 9.34. The topological polar surface area (TPSA) is 0 Å². The van der Waals surface area contributed by atoms with Crippen molar-refractivity contribution in [2.75, 3.05) is 0 Å². The SMILES string of the molecule is C/C(I)=C\c1ccc(-c2cc(C(C)C)c(C)c(C(C)C)c2)s1. The Bertz CT molecular complexity index is 656. The van der Waals surface area contributed by atoms with E-state index >= 15 is 0 Å².